The minimum absolute atomic E-state index is 0.305. The van der Waals surface area contributed by atoms with Gasteiger partial charge >= 0.3 is 5.97 Å². The molecular formula is C13H9BrN2O2. The number of anilines is 1. The monoisotopic (exact) mass is 304 g/mol. The quantitative estimate of drug-likeness (QED) is 0.866. The zero-order valence-corrected chi connectivity index (χ0v) is 10.8. The standard InChI is InChI=1S/C13H9BrN2O2/c14-8-5-6-11(15-7-8)16-12-9-3-1-2-4-10(9)13(17)18-12/h1-7,12H,(H,15,16)/t12-/m1/s1. The Labute approximate surface area is 112 Å². The van der Waals surface area contributed by atoms with Crippen molar-refractivity contribution in [3.8, 4) is 0 Å². The number of nitrogens with zero attached hydrogens (tertiary/aromatic N) is 1. The second-order valence-electron chi connectivity index (χ2n) is 3.88. The topological polar surface area (TPSA) is 51.2 Å². The summed E-state index contributed by atoms with van der Waals surface area (Å²) in [6.45, 7) is 0. The molecule has 3 rings (SSSR count). The van der Waals surface area contributed by atoms with Gasteiger partial charge in [-0.05, 0) is 34.1 Å². The van der Waals surface area contributed by atoms with Gasteiger partial charge in [0.25, 0.3) is 0 Å². The van der Waals surface area contributed by atoms with E-state index in [1.54, 1.807) is 12.3 Å². The zero-order valence-electron chi connectivity index (χ0n) is 9.26. The smallest absolute Gasteiger partial charge is 0.340 e. The van der Waals surface area contributed by atoms with Crippen molar-refractivity contribution in [2.75, 3.05) is 5.32 Å². The number of hydrogen-bond donors (Lipinski definition) is 1. The van der Waals surface area contributed by atoms with E-state index in [-0.39, 0.29) is 5.97 Å². The molecule has 1 aromatic carbocycles. The van der Waals surface area contributed by atoms with Gasteiger partial charge in [-0.3, -0.25) is 0 Å². The molecule has 1 aliphatic heterocycles. The van der Waals surface area contributed by atoms with E-state index in [4.69, 9.17) is 4.74 Å². The molecule has 4 nitrogen and oxygen atoms in total. The highest BCUT2D eigenvalue weighted by Crippen LogP contribution is 2.30. The molecule has 1 atom stereocenters. The number of esters is 1. The lowest BCUT2D eigenvalue weighted by Gasteiger charge is -2.13. The SMILES string of the molecule is O=C1O[C@@H](Nc2ccc(Br)cn2)c2ccccc21. The molecule has 0 radical (unpaired) electrons. The van der Waals surface area contributed by atoms with Crippen LogP contribution in [0.4, 0.5) is 5.82 Å². The van der Waals surface area contributed by atoms with Gasteiger partial charge in [-0.1, -0.05) is 18.2 Å². The molecule has 1 aromatic heterocycles. The Morgan fingerprint density at radius 1 is 1.22 bits per heavy atom. The molecule has 0 saturated carbocycles. The first-order chi connectivity index (χ1) is 8.74. The van der Waals surface area contributed by atoms with Gasteiger partial charge in [0.05, 0.1) is 5.56 Å². The summed E-state index contributed by atoms with van der Waals surface area (Å²) in [6.07, 6.45) is 1.22. The van der Waals surface area contributed by atoms with E-state index in [2.05, 4.69) is 26.2 Å². The Morgan fingerprint density at radius 2 is 2.06 bits per heavy atom. The third-order valence-corrected chi connectivity index (χ3v) is 3.16. The molecule has 0 spiro atoms. The number of rotatable bonds is 2. The number of fused-ring (bicyclic) bond motifs is 1. The highest BCUT2D eigenvalue weighted by Gasteiger charge is 2.30. The molecule has 0 unspecified atom stereocenters. The van der Waals surface area contributed by atoms with Crippen molar-refractivity contribution >= 4 is 27.7 Å². The van der Waals surface area contributed by atoms with Gasteiger partial charge < -0.3 is 10.1 Å². The minimum atomic E-state index is -0.470. The van der Waals surface area contributed by atoms with Crippen LogP contribution >= 0.6 is 15.9 Å². The van der Waals surface area contributed by atoms with Crippen LogP contribution in [0.15, 0.2) is 47.1 Å². The van der Waals surface area contributed by atoms with Gasteiger partial charge in [0.15, 0.2) is 0 Å². The fourth-order valence-corrected chi connectivity index (χ4v) is 2.08. The van der Waals surface area contributed by atoms with Crippen molar-refractivity contribution in [3.63, 3.8) is 0 Å². The number of aromatic nitrogens is 1. The van der Waals surface area contributed by atoms with Crippen molar-refractivity contribution in [1.82, 2.24) is 4.98 Å². The van der Waals surface area contributed by atoms with Gasteiger partial charge in [0, 0.05) is 16.2 Å². The second kappa shape index (κ2) is 4.42. The fraction of sp³-hybridized carbons (Fsp3) is 0.0769. The van der Waals surface area contributed by atoms with Crippen LogP contribution < -0.4 is 5.32 Å². The average molecular weight is 305 g/mol. The summed E-state index contributed by atoms with van der Waals surface area (Å²) in [5.74, 6) is 0.355. The minimum Gasteiger partial charge on any atom is -0.434 e. The zero-order chi connectivity index (χ0) is 12.5. The normalized spacial score (nSPS) is 17.2. The predicted molar refractivity (Wildman–Crippen MR) is 70.2 cm³/mol. The van der Waals surface area contributed by atoms with Crippen LogP contribution in [0, 0.1) is 0 Å². The number of carbonyl (C=O) groups is 1. The lowest BCUT2D eigenvalue weighted by atomic mass is 10.1. The molecule has 0 saturated heterocycles. The summed E-state index contributed by atoms with van der Waals surface area (Å²) in [5, 5.41) is 3.08. The molecule has 2 heterocycles. The third-order valence-electron chi connectivity index (χ3n) is 2.69. The molecule has 18 heavy (non-hydrogen) atoms. The van der Waals surface area contributed by atoms with Crippen LogP contribution in [-0.2, 0) is 4.74 Å². The maximum atomic E-state index is 11.6. The molecule has 0 aliphatic carbocycles. The van der Waals surface area contributed by atoms with Gasteiger partial charge in [-0.25, -0.2) is 9.78 Å². The number of carbonyl (C=O) groups excluding carboxylic acids is 1. The van der Waals surface area contributed by atoms with Crippen molar-refractivity contribution < 1.29 is 9.53 Å². The largest absolute Gasteiger partial charge is 0.434 e. The highest BCUT2D eigenvalue weighted by molar-refractivity contribution is 9.10. The van der Waals surface area contributed by atoms with Crippen molar-refractivity contribution in [2.45, 2.75) is 6.23 Å². The summed E-state index contributed by atoms with van der Waals surface area (Å²) in [5.41, 5.74) is 1.44. The maximum absolute atomic E-state index is 11.6. The maximum Gasteiger partial charge on any atom is 0.340 e. The fourth-order valence-electron chi connectivity index (χ4n) is 1.85. The second-order valence-corrected chi connectivity index (χ2v) is 4.79. The lowest BCUT2D eigenvalue weighted by Crippen LogP contribution is -2.11. The molecule has 0 fully saturated rings. The summed E-state index contributed by atoms with van der Waals surface area (Å²) in [4.78, 5) is 15.8. The number of halogens is 1. The average Bonchev–Trinajstić information content (AvgIpc) is 2.70. The molecule has 0 bridgehead atoms. The first-order valence-corrected chi connectivity index (χ1v) is 6.21. The Kier molecular flexibility index (Phi) is 2.76. The number of benzene rings is 1. The van der Waals surface area contributed by atoms with E-state index in [0.29, 0.717) is 11.4 Å². The highest BCUT2D eigenvalue weighted by atomic mass is 79.9. The Bertz CT molecular complexity index is 598. The van der Waals surface area contributed by atoms with Crippen LogP contribution in [0.2, 0.25) is 0 Å². The molecule has 0 amide bonds. The third kappa shape index (κ3) is 1.97. The molecule has 90 valence electrons. The predicted octanol–water partition coefficient (Wildman–Crippen LogP) is 3.13. The number of hydrogen-bond acceptors (Lipinski definition) is 4. The molecule has 1 aliphatic rings. The molecule has 5 heteroatoms. The van der Waals surface area contributed by atoms with Crippen LogP contribution in [0.5, 0.6) is 0 Å². The number of nitrogens with one attached hydrogen (secondary N) is 1. The van der Waals surface area contributed by atoms with Gasteiger partial charge in [-0.15, -0.1) is 0 Å². The van der Waals surface area contributed by atoms with Crippen LogP contribution in [-0.4, -0.2) is 11.0 Å². The number of ether oxygens (including phenoxy) is 1. The van der Waals surface area contributed by atoms with Gasteiger partial charge in [0.2, 0.25) is 6.23 Å². The lowest BCUT2D eigenvalue weighted by molar-refractivity contribution is 0.0436. The summed E-state index contributed by atoms with van der Waals surface area (Å²) < 4.78 is 6.16. The van der Waals surface area contributed by atoms with Crippen LogP contribution in [0.3, 0.4) is 0 Å². The van der Waals surface area contributed by atoms with Crippen LogP contribution in [0.1, 0.15) is 22.1 Å². The van der Waals surface area contributed by atoms with E-state index in [0.717, 1.165) is 10.0 Å². The van der Waals surface area contributed by atoms with E-state index in [9.17, 15) is 4.79 Å². The summed E-state index contributed by atoms with van der Waals surface area (Å²) >= 11 is 3.32. The van der Waals surface area contributed by atoms with E-state index in [1.165, 1.54) is 0 Å². The number of cyclic esters (lactones) is 1. The Hall–Kier alpha value is -1.88. The molecular weight excluding hydrogens is 296 g/mol. The van der Waals surface area contributed by atoms with Gasteiger partial charge in [-0.2, -0.15) is 0 Å². The summed E-state index contributed by atoms with van der Waals surface area (Å²) in [6, 6.07) is 11.0. The van der Waals surface area contributed by atoms with Crippen molar-refractivity contribution in [1.29, 1.82) is 0 Å². The van der Waals surface area contributed by atoms with Crippen molar-refractivity contribution in [2.24, 2.45) is 0 Å². The van der Waals surface area contributed by atoms with E-state index in [1.807, 2.05) is 30.3 Å². The van der Waals surface area contributed by atoms with E-state index >= 15 is 0 Å². The molecule has 1 N–H and O–H groups in total. The van der Waals surface area contributed by atoms with Crippen molar-refractivity contribution in [3.05, 3.63) is 58.2 Å². The first-order valence-electron chi connectivity index (χ1n) is 5.42. The Morgan fingerprint density at radius 3 is 2.83 bits per heavy atom. The molecule has 2 aromatic rings. The Balaban J connectivity index is 1.87. The first kappa shape index (κ1) is 11.2. The van der Waals surface area contributed by atoms with Crippen LogP contribution in [0.25, 0.3) is 0 Å². The van der Waals surface area contributed by atoms with Gasteiger partial charge in [0.1, 0.15) is 5.82 Å². The van der Waals surface area contributed by atoms with E-state index < -0.39 is 6.23 Å². The number of pyridine rings is 1. The summed E-state index contributed by atoms with van der Waals surface area (Å²) in [7, 11) is 0.